The summed E-state index contributed by atoms with van der Waals surface area (Å²) in [6.07, 6.45) is 3.57. The summed E-state index contributed by atoms with van der Waals surface area (Å²) in [7, 11) is 2.54. The Morgan fingerprint density at radius 3 is 2.38 bits per heavy atom. The van der Waals surface area contributed by atoms with Gasteiger partial charge in [-0.2, -0.15) is 0 Å². The van der Waals surface area contributed by atoms with E-state index >= 15 is 0 Å². The first kappa shape index (κ1) is 21.1. The molecule has 0 aliphatic carbocycles. The molecule has 2 heterocycles. The van der Waals surface area contributed by atoms with Crippen LogP contribution in [0.15, 0.2) is 35.5 Å². The fourth-order valence-corrected chi connectivity index (χ4v) is 3.55. The molecule has 2 aliphatic heterocycles. The largest absolute Gasteiger partial charge is 0.494 e. The maximum absolute atomic E-state index is 12.3. The first-order valence-electron chi connectivity index (χ1n) is 9.84. The van der Waals surface area contributed by atoms with E-state index in [1.54, 1.807) is 4.90 Å². The Kier molecular flexibility index (Phi) is 7.48. The molecule has 0 saturated carbocycles. The van der Waals surface area contributed by atoms with Crippen molar-refractivity contribution >= 4 is 17.6 Å². The van der Waals surface area contributed by atoms with Crippen molar-refractivity contribution in [3.05, 3.63) is 35.5 Å². The molecule has 29 heavy (non-hydrogen) atoms. The van der Waals surface area contributed by atoms with E-state index in [1.807, 2.05) is 24.3 Å². The smallest absolute Gasteiger partial charge is 0.355 e. The molecule has 0 spiro atoms. The monoisotopic (exact) mass is 404 g/mol. The Balaban J connectivity index is 1.65. The van der Waals surface area contributed by atoms with Gasteiger partial charge >= 0.3 is 11.9 Å². The molecule has 1 aromatic carbocycles. The normalized spacial score (nSPS) is 17.4. The minimum absolute atomic E-state index is 0.00812. The Labute approximate surface area is 171 Å². The van der Waals surface area contributed by atoms with Crippen LogP contribution in [-0.2, 0) is 23.8 Å². The van der Waals surface area contributed by atoms with Crippen LogP contribution in [-0.4, -0.2) is 70.6 Å². The van der Waals surface area contributed by atoms with Crippen molar-refractivity contribution in [1.29, 1.82) is 0 Å². The Morgan fingerprint density at radius 2 is 1.72 bits per heavy atom. The summed E-state index contributed by atoms with van der Waals surface area (Å²) >= 11 is 0. The third-order valence-corrected chi connectivity index (χ3v) is 5.07. The van der Waals surface area contributed by atoms with Gasteiger partial charge in [0.15, 0.2) is 0 Å². The Bertz CT molecular complexity index is 740. The number of anilines is 1. The van der Waals surface area contributed by atoms with Crippen LogP contribution in [0, 0.1) is 0 Å². The van der Waals surface area contributed by atoms with E-state index < -0.39 is 11.9 Å². The SMILES string of the molecule is COC(=O)C1=C(C(=O)OC)N(c2ccc(OCCCN3CCCC3)cc2)COC1. The summed E-state index contributed by atoms with van der Waals surface area (Å²) in [5, 5.41) is 0. The lowest BCUT2D eigenvalue weighted by Crippen LogP contribution is -2.38. The summed E-state index contributed by atoms with van der Waals surface area (Å²) in [5.41, 5.74) is 0.952. The van der Waals surface area contributed by atoms with Crippen molar-refractivity contribution in [2.75, 3.05) is 58.7 Å². The maximum atomic E-state index is 12.3. The number of likely N-dealkylation sites (tertiary alicyclic amines) is 1. The van der Waals surface area contributed by atoms with E-state index in [2.05, 4.69) is 4.90 Å². The fraction of sp³-hybridized carbons (Fsp3) is 0.524. The molecule has 1 aromatic rings. The van der Waals surface area contributed by atoms with Crippen molar-refractivity contribution in [1.82, 2.24) is 4.90 Å². The number of benzene rings is 1. The van der Waals surface area contributed by atoms with Crippen LogP contribution in [0.4, 0.5) is 5.69 Å². The van der Waals surface area contributed by atoms with Crippen molar-refractivity contribution in [3.63, 3.8) is 0 Å². The Morgan fingerprint density at radius 1 is 1.03 bits per heavy atom. The third-order valence-electron chi connectivity index (χ3n) is 5.07. The highest BCUT2D eigenvalue weighted by molar-refractivity contribution is 6.03. The second-order valence-corrected chi connectivity index (χ2v) is 6.96. The van der Waals surface area contributed by atoms with Gasteiger partial charge in [-0.1, -0.05) is 0 Å². The fourth-order valence-electron chi connectivity index (χ4n) is 3.55. The highest BCUT2D eigenvalue weighted by atomic mass is 16.5. The van der Waals surface area contributed by atoms with Gasteiger partial charge in [-0.05, 0) is 56.6 Å². The number of hydrogen-bond donors (Lipinski definition) is 0. The molecule has 0 amide bonds. The average molecular weight is 404 g/mol. The van der Waals surface area contributed by atoms with Crippen molar-refractivity contribution in [2.45, 2.75) is 19.3 Å². The summed E-state index contributed by atoms with van der Waals surface area (Å²) in [5.74, 6) is -0.478. The van der Waals surface area contributed by atoms with Crippen LogP contribution in [0.2, 0.25) is 0 Å². The molecule has 1 saturated heterocycles. The van der Waals surface area contributed by atoms with Crippen molar-refractivity contribution in [3.8, 4) is 5.75 Å². The lowest BCUT2D eigenvalue weighted by Gasteiger charge is -2.31. The topological polar surface area (TPSA) is 77.5 Å². The molecule has 2 aliphatic rings. The van der Waals surface area contributed by atoms with Gasteiger partial charge in [0.05, 0.1) is 33.0 Å². The molecule has 0 radical (unpaired) electrons. The van der Waals surface area contributed by atoms with Gasteiger partial charge in [-0.25, -0.2) is 9.59 Å². The van der Waals surface area contributed by atoms with Gasteiger partial charge < -0.3 is 28.7 Å². The molecule has 0 bridgehead atoms. The average Bonchev–Trinajstić information content (AvgIpc) is 3.29. The number of hydrogen-bond acceptors (Lipinski definition) is 8. The van der Waals surface area contributed by atoms with E-state index in [4.69, 9.17) is 18.9 Å². The van der Waals surface area contributed by atoms with E-state index in [-0.39, 0.29) is 24.6 Å². The lowest BCUT2D eigenvalue weighted by molar-refractivity contribution is -0.140. The van der Waals surface area contributed by atoms with Crippen LogP contribution >= 0.6 is 0 Å². The standard InChI is InChI=1S/C21H28N2O6/c1-26-20(24)18-14-28-15-23(19(18)21(25)27-2)16-6-8-17(9-7-16)29-13-5-12-22-10-3-4-11-22/h6-9H,3-5,10-15H2,1-2H3. The Hall–Kier alpha value is -2.58. The highest BCUT2D eigenvalue weighted by Crippen LogP contribution is 2.28. The number of esters is 2. The van der Waals surface area contributed by atoms with Crippen molar-refractivity contribution in [2.24, 2.45) is 0 Å². The number of ether oxygens (including phenoxy) is 4. The molecule has 158 valence electrons. The summed E-state index contributed by atoms with van der Waals surface area (Å²) in [4.78, 5) is 28.4. The zero-order chi connectivity index (χ0) is 20.6. The molecule has 8 nitrogen and oxygen atoms in total. The van der Waals surface area contributed by atoms with Crippen LogP contribution in [0.3, 0.4) is 0 Å². The van der Waals surface area contributed by atoms with E-state index in [0.717, 1.165) is 18.7 Å². The van der Waals surface area contributed by atoms with Crippen LogP contribution in [0.25, 0.3) is 0 Å². The first-order chi connectivity index (χ1) is 14.1. The van der Waals surface area contributed by atoms with Gasteiger partial charge in [0.1, 0.15) is 18.2 Å². The van der Waals surface area contributed by atoms with Crippen LogP contribution < -0.4 is 9.64 Å². The van der Waals surface area contributed by atoms with Gasteiger partial charge in [0, 0.05) is 12.2 Å². The summed E-state index contributed by atoms with van der Waals surface area (Å²) in [6.45, 7) is 4.22. The zero-order valence-electron chi connectivity index (χ0n) is 17.0. The van der Waals surface area contributed by atoms with E-state index in [1.165, 1.54) is 40.2 Å². The minimum Gasteiger partial charge on any atom is -0.494 e. The molecular formula is C21H28N2O6. The molecule has 1 fully saturated rings. The number of rotatable bonds is 8. The molecule has 8 heteroatoms. The first-order valence-corrected chi connectivity index (χ1v) is 9.84. The molecule has 0 atom stereocenters. The van der Waals surface area contributed by atoms with E-state index in [0.29, 0.717) is 12.3 Å². The zero-order valence-corrected chi connectivity index (χ0v) is 17.0. The predicted octanol–water partition coefficient (Wildman–Crippen LogP) is 1.95. The lowest BCUT2D eigenvalue weighted by atomic mass is 10.1. The second kappa shape index (κ2) is 10.3. The number of carbonyl (C=O) groups is 2. The number of methoxy groups -OCH3 is 2. The van der Waals surface area contributed by atoms with Crippen molar-refractivity contribution < 1.29 is 28.5 Å². The molecule has 0 N–H and O–H groups in total. The van der Waals surface area contributed by atoms with Gasteiger partial charge in [-0.3, -0.25) is 0 Å². The van der Waals surface area contributed by atoms with Gasteiger partial charge in [0.2, 0.25) is 0 Å². The minimum atomic E-state index is -0.618. The van der Waals surface area contributed by atoms with E-state index in [9.17, 15) is 9.59 Å². The molecule has 3 rings (SSSR count). The molecular weight excluding hydrogens is 376 g/mol. The van der Waals surface area contributed by atoms with Gasteiger partial charge in [0.25, 0.3) is 0 Å². The number of nitrogens with zero attached hydrogens (tertiary/aromatic N) is 2. The second-order valence-electron chi connectivity index (χ2n) is 6.96. The molecule has 0 unspecified atom stereocenters. The summed E-state index contributed by atoms with van der Waals surface area (Å²) in [6, 6.07) is 7.32. The molecule has 0 aromatic heterocycles. The van der Waals surface area contributed by atoms with Crippen LogP contribution in [0.1, 0.15) is 19.3 Å². The third kappa shape index (κ3) is 5.27. The maximum Gasteiger partial charge on any atom is 0.355 e. The van der Waals surface area contributed by atoms with Gasteiger partial charge in [-0.15, -0.1) is 0 Å². The predicted molar refractivity (Wildman–Crippen MR) is 107 cm³/mol. The van der Waals surface area contributed by atoms with Crippen LogP contribution in [0.5, 0.6) is 5.75 Å². The quantitative estimate of drug-likeness (QED) is 0.481. The number of carbonyl (C=O) groups excluding carboxylic acids is 2. The summed E-state index contributed by atoms with van der Waals surface area (Å²) < 4.78 is 20.9. The highest BCUT2D eigenvalue weighted by Gasteiger charge is 2.32.